The van der Waals surface area contributed by atoms with Crippen molar-refractivity contribution in [2.45, 2.75) is 39.7 Å². The lowest BCUT2D eigenvalue weighted by atomic mass is 10.2. The van der Waals surface area contributed by atoms with Crippen LogP contribution in [0.2, 0.25) is 0 Å². The van der Waals surface area contributed by atoms with Gasteiger partial charge >= 0.3 is 0 Å². The molecule has 0 aliphatic rings. The second-order valence-corrected chi connectivity index (χ2v) is 4.58. The van der Waals surface area contributed by atoms with Gasteiger partial charge in [-0.15, -0.1) is 0 Å². The molecule has 0 saturated heterocycles. The Morgan fingerprint density at radius 3 is 2.55 bits per heavy atom. The Balaban J connectivity index is 2.48. The summed E-state index contributed by atoms with van der Waals surface area (Å²) >= 11 is 0. The highest BCUT2D eigenvalue weighted by atomic mass is 16.5. The van der Waals surface area contributed by atoms with Gasteiger partial charge in [0.2, 0.25) is 5.91 Å². The van der Waals surface area contributed by atoms with Gasteiger partial charge in [-0.1, -0.05) is 19.9 Å². The molecule has 5 nitrogen and oxygen atoms in total. The quantitative estimate of drug-likeness (QED) is 0.804. The van der Waals surface area contributed by atoms with E-state index in [9.17, 15) is 9.59 Å². The summed E-state index contributed by atoms with van der Waals surface area (Å²) in [7, 11) is 0. The summed E-state index contributed by atoms with van der Waals surface area (Å²) in [6.45, 7) is 5.48. The summed E-state index contributed by atoms with van der Waals surface area (Å²) in [6, 6.07) is 7.15. The molecule has 0 aliphatic heterocycles. The first kappa shape index (κ1) is 16.0. The van der Waals surface area contributed by atoms with Gasteiger partial charge in [-0.25, -0.2) is 0 Å². The monoisotopic (exact) mass is 278 g/mol. The van der Waals surface area contributed by atoms with Crippen LogP contribution in [-0.2, 0) is 9.59 Å². The summed E-state index contributed by atoms with van der Waals surface area (Å²) in [6.07, 6.45) is 1.81. The van der Waals surface area contributed by atoms with Crippen molar-refractivity contribution >= 4 is 17.5 Å². The zero-order valence-electron chi connectivity index (χ0n) is 12.2. The average Bonchev–Trinajstić information content (AvgIpc) is 2.42. The number of anilines is 1. The Bertz CT molecular complexity index is 456. The molecule has 5 heteroatoms. The molecule has 2 amide bonds. The highest BCUT2D eigenvalue weighted by Gasteiger charge is 2.09. The third-order valence-corrected chi connectivity index (χ3v) is 2.88. The summed E-state index contributed by atoms with van der Waals surface area (Å²) in [4.78, 5) is 22.7. The van der Waals surface area contributed by atoms with Crippen LogP contribution in [0, 0.1) is 0 Å². The van der Waals surface area contributed by atoms with E-state index in [4.69, 9.17) is 4.74 Å². The molecule has 2 N–H and O–H groups in total. The minimum absolute atomic E-state index is 0.0278. The molecule has 1 aromatic carbocycles. The number of benzene rings is 1. The van der Waals surface area contributed by atoms with E-state index in [1.165, 1.54) is 6.92 Å². The molecule has 20 heavy (non-hydrogen) atoms. The van der Waals surface area contributed by atoms with Crippen LogP contribution in [0.5, 0.6) is 5.75 Å². The van der Waals surface area contributed by atoms with Crippen molar-refractivity contribution in [1.82, 2.24) is 5.32 Å². The molecule has 0 aliphatic carbocycles. The first-order chi connectivity index (χ1) is 9.55. The largest absolute Gasteiger partial charge is 0.484 e. The molecule has 110 valence electrons. The minimum atomic E-state index is -0.145. The van der Waals surface area contributed by atoms with Crippen LogP contribution in [0.15, 0.2) is 24.3 Å². The maximum Gasteiger partial charge on any atom is 0.258 e. The Labute approximate surface area is 119 Å². The van der Waals surface area contributed by atoms with Crippen LogP contribution in [0.1, 0.15) is 33.6 Å². The van der Waals surface area contributed by atoms with Crippen molar-refractivity contribution in [1.29, 1.82) is 0 Å². The number of rotatable bonds is 7. The van der Waals surface area contributed by atoms with Gasteiger partial charge in [-0.3, -0.25) is 9.59 Å². The minimum Gasteiger partial charge on any atom is -0.484 e. The lowest BCUT2D eigenvalue weighted by molar-refractivity contribution is -0.123. The van der Waals surface area contributed by atoms with E-state index in [0.717, 1.165) is 12.8 Å². The van der Waals surface area contributed by atoms with Gasteiger partial charge in [-0.05, 0) is 25.0 Å². The Kier molecular flexibility index (Phi) is 6.56. The van der Waals surface area contributed by atoms with Crippen LogP contribution < -0.4 is 15.4 Å². The molecule has 0 fully saturated rings. The third kappa shape index (κ3) is 5.73. The van der Waals surface area contributed by atoms with Crippen molar-refractivity contribution in [3.8, 4) is 5.75 Å². The van der Waals surface area contributed by atoms with E-state index in [0.29, 0.717) is 11.4 Å². The molecule has 0 spiro atoms. The van der Waals surface area contributed by atoms with Crippen molar-refractivity contribution in [2.24, 2.45) is 0 Å². The van der Waals surface area contributed by atoms with E-state index in [2.05, 4.69) is 10.6 Å². The lowest BCUT2D eigenvalue weighted by Crippen LogP contribution is -2.37. The molecular weight excluding hydrogens is 256 g/mol. The van der Waals surface area contributed by atoms with Crippen LogP contribution in [-0.4, -0.2) is 24.5 Å². The topological polar surface area (TPSA) is 67.4 Å². The third-order valence-electron chi connectivity index (χ3n) is 2.88. The fourth-order valence-electron chi connectivity index (χ4n) is 1.78. The molecule has 0 bridgehead atoms. The van der Waals surface area contributed by atoms with E-state index < -0.39 is 0 Å². The summed E-state index contributed by atoms with van der Waals surface area (Å²) in [5.74, 6) is 0.271. The molecule has 0 saturated carbocycles. The van der Waals surface area contributed by atoms with Gasteiger partial charge < -0.3 is 15.4 Å². The number of carbonyl (C=O) groups excluding carboxylic acids is 2. The Morgan fingerprint density at radius 1 is 1.25 bits per heavy atom. The van der Waals surface area contributed by atoms with Gasteiger partial charge in [0.05, 0.1) is 0 Å². The number of amides is 2. The summed E-state index contributed by atoms with van der Waals surface area (Å²) < 4.78 is 5.42. The van der Waals surface area contributed by atoms with E-state index in [1.54, 1.807) is 24.3 Å². The van der Waals surface area contributed by atoms with Crippen molar-refractivity contribution in [3.63, 3.8) is 0 Å². The molecule has 1 aromatic rings. The van der Waals surface area contributed by atoms with Crippen molar-refractivity contribution in [3.05, 3.63) is 24.3 Å². The van der Waals surface area contributed by atoms with Gasteiger partial charge in [0.25, 0.3) is 5.91 Å². The first-order valence-electron chi connectivity index (χ1n) is 6.85. The highest BCUT2D eigenvalue weighted by Crippen LogP contribution is 2.17. The molecule has 0 heterocycles. The van der Waals surface area contributed by atoms with Gasteiger partial charge in [0.15, 0.2) is 6.61 Å². The number of hydrogen-bond donors (Lipinski definition) is 2. The van der Waals surface area contributed by atoms with Crippen molar-refractivity contribution in [2.75, 3.05) is 11.9 Å². The van der Waals surface area contributed by atoms with Crippen LogP contribution >= 0.6 is 0 Å². The normalized spacial score (nSPS) is 10.2. The van der Waals surface area contributed by atoms with Crippen molar-refractivity contribution < 1.29 is 14.3 Å². The average molecular weight is 278 g/mol. The standard InChI is InChI=1S/C15H22N2O3/c1-4-12(5-2)17-15(19)10-20-14-8-6-7-13(9-14)16-11(3)18/h6-9,12H,4-5,10H2,1-3H3,(H,16,18)(H,17,19). The number of hydrogen-bond acceptors (Lipinski definition) is 3. The summed E-state index contributed by atoms with van der Waals surface area (Å²) in [5, 5.41) is 5.56. The van der Waals surface area contributed by atoms with E-state index >= 15 is 0 Å². The molecule has 1 rings (SSSR count). The summed E-state index contributed by atoms with van der Waals surface area (Å²) in [5.41, 5.74) is 0.649. The van der Waals surface area contributed by atoms with E-state index in [-0.39, 0.29) is 24.5 Å². The number of nitrogens with one attached hydrogen (secondary N) is 2. The zero-order valence-corrected chi connectivity index (χ0v) is 12.2. The second kappa shape index (κ2) is 8.19. The molecule has 0 atom stereocenters. The zero-order chi connectivity index (χ0) is 15.0. The molecule has 0 aromatic heterocycles. The van der Waals surface area contributed by atoms with Crippen LogP contribution in [0.4, 0.5) is 5.69 Å². The van der Waals surface area contributed by atoms with Crippen LogP contribution in [0.25, 0.3) is 0 Å². The predicted octanol–water partition coefficient (Wildman–Crippen LogP) is 2.33. The fourth-order valence-corrected chi connectivity index (χ4v) is 1.78. The van der Waals surface area contributed by atoms with Crippen LogP contribution in [0.3, 0.4) is 0 Å². The molecule has 0 radical (unpaired) electrons. The molecular formula is C15H22N2O3. The van der Waals surface area contributed by atoms with Gasteiger partial charge in [0.1, 0.15) is 5.75 Å². The SMILES string of the molecule is CCC(CC)NC(=O)COc1cccc(NC(C)=O)c1. The maximum absolute atomic E-state index is 11.7. The predicted molar refractivity (Wildman–Crippen MR) is 78.8 cm³/mol. The second-order valence-electron chi connectivity index (χ2n) is 4.58. The smallest absolute Gasteiger partial charge is 0.258 e. The first-order valence-corrected chi connectivity index (χ1v) is 6.85. The lowest BCUT2D eigenvalue weighted by Gasteiger charge is -2.15. The Morgan fingerprint density at radius 2 is 1.95 bits per heavy atom. The van der Waals surface area contributed by atoms with Gasteiger partial charge in [-0.2, -0.15) is 0 Å². The number of ether oxygens (including phenoxy) is 1. The highest BCUT2D eigenvalue weighted by molar-refractivity contribution is 5.88. The van der Waals surface area contributed by atoms with Gasteiger partial charge in [0, 0.05) is 24.7 Å². The fraction of sp³-hybridized carbons (Fsp3) is 0.467. The van der Waals surface area contributed by atoms with E-state index in [1.807, 2.05) is 13.8 Å². The number of carbonyl (C=O) groups is 2. The maximum atomic E-state index is 11.7. The molecule has 0 unspecified atom stereocenters. The Hall–Kier alpha value is -2.04.